The standard InChI is InChI=1S/C19H23N3O2S/c1-12-7-6-8-16(13(12)2)20-19(25)22-21-14(3)15-9-10-17(23-4)18(11-15)24-5/h6-11H,1-5H3,(H2,20,22,25)/b21-14-. The maximum Gasteiger partial charge on any atom is 0.191 e. The van der Waals surface area contributed by atoms with E-state index in [2.05, 4.69) is 35.8 Å². The van der Waals surface area contributed by atoms with Gasteiger partial charge in [-0.05, 0) is 68.4 Å². The molecule has 0 atom stereocenters. The minimum absolute atomic E-state index is 0.438. The number of methoxy groups -OCH3 is 2. The lowest BCUT2D eigenvalue weighted by molar-refractivity contribution is 0.355. The van der Waals surface area contributed by atoms with Crippen LogP contribution in [0.3, 0.4) is 0 Å². The quantitative estimate of drug-likeness (QED) is 0.481. The van der Waals surface area contributed by atoms with Crippen LogP contribution >= 0.6 is 12.2 Å². The Morgan fingerprint density at radius 2 is 1.76 bits per heavy atom. The minimum atomic E-state index is 0.438. The molecule has 6 heteroatoms. The summed E-state index contributed by atoms with van der Waals surface area (Å²) in [5.41, 5.74) is 7.91. The van der Waals surface area contributed by atoms with Crippen molar-refractivity contribution in [3.63, 3.8) is 0 Å². The van der Waals surface area contributed by atoms with Gasteiger partial charge in [-0.15, -0.1) is 0 Å². The highest BCUT2D eigenvalue weighted by Gasteiger charge is 2.07. The van der Waals surface area contributed by atoms with Crippen molar-refractivity contribution in [2.24, 2.45) is 5.10 Å². The summed E-state index contributed by atoms with van der Waals surface area (Å²) in [6, 6.07) is 11.7. The van der Waals surface area contributed by atoms with E-state index < -0.39 is 0 Å². The molecule has 0 aliphatic heterocycles. The second-order valence-electron chi connectivity index (χ2n) is 5.58. The number of nitrogens with one attached hydrogen (secondary N) is 2. The van der Waals surface area contributed by atoms with E-state index in [4.69, 9.17) is 21.7 Å². The molecular weight excluding hydrogens is 334 g/mol. The lowest BCUT2D eigenvalue weighted by atomic mass is 10.1. The first-order valence-corrected chi connectivity index (χ1v) is 8.27. The number of nitrogens with zero attached hydrogens (tertiary/aromatic N) is 1. The molecule has 0 aliphatic carbocycles. The molecule has 2 rings (SSSR count). The summed E-state index contributed by atoms with van der Waals surface area (Å²) in [5.74, 6) is 1.34. The first-order chi connectivity index (χ1) is 12.0. The predicted octanol–water partition coefficient (Wildman–Crippen LogP) is 4.03. The van der Waals surface area contributed by atoms with Gasteiger partial charge in [0.2, 0.25) is 0 Å². The molecule has 0 aromatic heterocycles. The van der Waals surface area contributed by atoms with Crippen molar-refractivity contribution < 1.29 is 9.47 Å². The van der Waals surface area contributed by atoms with Crippen LogP contribution in [-0.2, 0) is 0 Å². The molecule has 0 unspecified atom stereocenters. The predicted molar refractivity (Wildman–Crippen MR) is 107 cm³/mol. The van der Waals surface area contributed by atoms with Gasteiger partial charge < -0.3 is 14.8 Å². The lowest BCUT2D eigenvalue weighted by Crippen LogP contribution is -2.25. The van der Waals surface area contributed by atoms with Crippen molar-refractivity contribution in [2.45, 2.75) is 20.8 Å². The van der Waals surface area contributed by atoms with Crippen molar-refractivity contribution in [1.82, 2.24) is 5.43 Å². The zero-order valence-electron chi connectivity index (χ0n) is 15.1. The normalized spacial score (nSPS) is 11.0. The first kappa shape index (κ1) is 18.7. The number of rotatable bonds is 5. The monoisotopic (exact) mass is 357 g/mol. The van der Waals surface area contributed by atoms with Crippen LogP contribution in [0.2, 0.25) is 0 Å². The molecule has 0 spiro atoms. The Morgan fingerprint density at radius 3 is 2.44 bits per heavy atom. The third-order valence-corrected chi connectivity index (χ3v) is 4.17. The van der Waals surface area contributed by atoms with Crippen LogP contribution in [0.4, 0.5) is 5.69 Å². The van der Waals surface area contributed by atoms with Gasteiger partial charge in [-0.3, -0.25) is 5.43 Å². The topological polar surface area (TPSA) is 54.9 Å². The van der Waals surface area contributed by atoms with Crippen LogP contribution in [0.15, 0.2) is 41.5 Å². The second kappa shape index (κ2) is 8.48. The summed E-state index contributed by atoms with van der Waals surface area (Å²) in [7, 11) is 3.22. The van der Waals surface area contributed by atoms with Gasteiger partial charge in [0.15, 0.2) is 16.6 Å². The highest BCUT2D eigenvalue weighted by Crippen LogP contribution is 2.27. The Morgan fingerprint density at radius 1 is 1.04 bits per heavy atom. The van der Waals surface area contributed by atoms with Gasteiger partial charge in [0.1, 0.15) is 0 Å². The van der Waals surface area contributed by atoms with E-state index in [0.717, 1.165) is 22.5 Å². The number of hydrogen-bond donors (Lipinski definition) is 2. The van der Waals surface area contributed by atoms with Crippen LogP contribution in [0, 0.1) is 13.8 Å². The Bertz CT molecular complexity index is 803. The molecular formula is C19H23N3O2S. The Kier molecular flexibility index (Phi) is 6.36. The molecule has 2 aromatic carbocycles. The fourth-order valence-corrected chi connectivity index (χ4v) is 2.45. The zero-order chi connectivity index (χ0) is 18.4. The van der Waals surface area contributed by atoms with E-state index in [1.54, 1.807) is 14.2 Å². The average Bonchev–Trinajstić information content (AvgIpc) is 2.62. The SMILES string of the molecule is COc1ccc(/C(C)=N\NC(=S)Nc2cccc(C)c2C)cc1OC. The molecule has 0 bridgehead atoms. The van der Waals surface area contributed by atoms with E-state index in [-0.39, 0.29) is 0 Å². The summed E-state index contributed by atoms with van der Waals surface area (Å²) in [6.45, 7) is 6.02. The van der Waals surface area contributed by atoms with E-state index in [0.29, 0.717) is 16.6 Å². The molecule has 132 valence electrons. The van der Waals surface area contributed by atoms with Gasteiger partial charge in [-0.2, -0.15) is 5.10 Å². The first-order valence-electron chi connectivity index (χ1n) is 7.86. The van der Waals surface area contributed by atoms with Gasteiger partial charge in [0.25, 0.3) is 0 Å². The number of aryl methyl sites for hydroxylation is 1. The fourth-order valence-electron chi connectivity index (χ4n) is 2.30. The minimum Gasteiger partial charge on any atom is -0.493 e. The summed E-state index contributed by atoms with van der Waals surface area (Å²) in [6.07, 6.45) is 0. The van der Waals surface area contributed by atoms with Crippen LogP contribution in [0.25, 0.3) is 0 Å². The summed E-state index contributed by atoms with van der Waals surface area (Å²) in [5, 5.41) is 7.95. The van der Waals surface area contributed by atoms with Crippen LogP contribution < -0.4 is 20.2 Å². The Labute approximate surface area is 154 Å². The van der Waals surface area contributed by atoms with Gasteiger partial charge in [0, 0.05) is 11.3 Å². The number of thiocarbonyl (C=S) groups is 1. The molecule has 2 aromatic rings. The van der Waals surface area contributed by atoms with Crippen LogP contribution in [0.5, 0.6) is 11.5 Å². The average molecular weight is 357 g/mol. The molecule has 0 saturated heterocycles. The van der Waals surface area contributed by atoms with E-state index in [1.807, 2.05) is 37.3 Å². The smallest absolute Gasteiger partial charge is 0.191 e. The molecule has 0 amide bonds. The fraction of sp³-hybridized carbons (Fsp3) is 0.263. The van der Waals surface area contributed by atoms with Crippen molar-refractivity contribution in [1.29, 1.82) is 0 Å². The van der Waals surface area contributed by atoms with Gasteiger partial charge in [0.05, 0.1) is 19.9 Å². The van der Waals surface area contributed by atoms with Gasteiger partial charge >= 0.3 is 0 Å². The van der Waals surface area contributed by atoms with Crippen LogP contribution in [-0.4, -0.2) is 25.0 Å². The van der Waals surface area contributed by atoms with E-state index >= 15 is 0 Å². The Hall–Kier alpha value is -2.60. The Balaban J connectivity index is 2.07. The highest BCUT2D eigenvalue weighted by atomic mass is 32.1. The van der Waals surface area contributed by atoms with Crippen LogP contribution in [0.1, 0.15) is 23.6 Å². The molecule has 0 aliphatic rings. The molecule has 0 radical (unpaired) electrons. The van der Waals surface area contributed by atoms with Gasteiger partial charge in [-0.1, -0.05) is 12.1 Å². The van der Waals surface area contributed by atoms with Crippen molar-refractivity contribution in [2.75, 3.05) is 19.5 Å². The number of hydrazone groups is 1. The molecule has 0 saturated carbocycles. The summed E-state index contributed by atoms with van der Waals surface area (Å²) >= 11 is 5.32. The van der Waals surface area contributed by atoms with Crippen molar-refractivity contribution >= 4 is 28.7 Å². The maximum absolute atomic E-state index is 5.32. The highest BCUT2D eigenvalue weighted by molar-refractivity contribution is 7.80. The largest absolute Gasteiger partial charge is 0.493 e. The number of ether oxygens (including phenoxy) is 2. The number of hydrogen-bond acceptors (Lipinski definition) is 4. The number of benzene rings is 2. The summed E-state index contributed by atoms with van der Waals surface area (Å²) < 4.78 is 10.6. The summed E-state index contributed by atoms with van der Waals surface area (Å²) in [4.78, 5) is 0. The molecule has 25 heavy (non-hydrogen) atoms. The van der Waals surface area contributed by atoms with Crippen molar-refractivity contribution in [3.05, 3.63) is 53.1 Å². The molecule has 5 nitrogen and oxygen atoms in total. The number of anilines is 1. The van der Waals surface area contributed by atoms with E-state index in [9.17, 15) is 0 Å². The third kappa shape index (κ3) is 4.70. The third-order valence-electron chi connectivity index (χ3n) is 3.98. The lowest BCUT2D eigenvalue weighted by Gasteiger charge is -2.12. The van der Waals surface area contributed by atoms with E-state index in [1.165, 1.54) is 5.56 Å². The van der Waals surface area contributed by atoms with Crippen molar-refractivity contribution in [3.8, 4) is 11.5 Å². The second-order valence-corrected chi connectivity index (χ2v) is 5.99. The molecule has 2 N–H and O–H groups in total. The zero-order valence-corrected chi connectivity index (χ0v) is 16.0. The molecule has 0 fully saturated rings. The maximum atomic E-state index is 5.32. The molecule has 0 heterocycles. The van der Waals surface area contributed by atoms with Gasteiger partial charge in [-0.25, -0.2) is 0 Å².